The lowest BCUT2D eigenvalue weighted by Crippen LogP contribution is -2.26. The lowest BCUT2D eigenvalue weighted by Gasteiger charge is -2.10. The zero-order chi connectivity index (χ0) is 14.4. The Morgan fingerprint density at radius 2 is 2.30 bits per heavy atom. The molecule has 0 radical (unpaired) electrons. The zero-order valence-electron chi connectivity index (χ0n) is 11.6. The fourth-order valence-corrected chi connectivity index (χ4v) is 2.49. The first-order valence-electron chi connectivity index (χ1n) is 6.57. The third-order valence-electron chi connectivity index (χ3n) is 2.77. The quantitative estimate of drug-likeness (QED) is 0.856. The van der Waals surface area contributed by atoms with Crippen molar-refractivity contribution >= 4 is 22.9 Å². The Morgan fingerprint density at radius 3 is 3.00 bits per heavy atom. The van der Waals surface area contributed by atoms with Gasteiger partial charge in [-0.2, -0.15) is 0 Å². The van der Waals surface area contributed by atoms with E-state index in [9.17, 15) is 4.79 Å². The molecule has 2 rings (SSSR count). The smallest absolute Gasteiger partial charge is 0.254 e. The highest BCUT2D eigenvalue weighted by molar-refractivity contribution is 7.09. The van der Waals surface area contributed by atoms with E-state index < -0.39 is 0 Å². The highest BCUT2D eigenvalue weighted by atomic mass is 32.1. The van der Waals surface area contributed by atoms with Crippen molar-refractivity contribution in [3.63, 3.8) is 0 Å². The lowest BCUT2D eigenvalue weighted by atomic mass is 10.2. The van der Waals surface area contributed by atoms with Crippen LogP contribution in [0.4, 0.5) is 5.69 Å². The number of hydrogen-bond donors (Lipinski definition) is 2. The number of anilines is 1. The number of rotatable bonds is 6. The number of carbonyl (C=O) groups excluding carboxylic acids is 1. The maximum atomic E-state index is 12.1. The van der Waals surface area contributed by atoms with Crippen LogP contribution in [0.3, 0.4) is 0 Å². The van der Waals surface area contributed by atoms with Gasteiger partial charge in [0.15, 0.2) is 0 Å². The number of thiazole rings is 1. The van der Waals surface area contributed by atoms with Crippen molar-refractivity contribution in [2.24, 2.45) is 0 Å². The summed E-state index contributed by atoms with van der Waals surface area (Å²) in [5.74, 6) is -0.110. The van der Waals surface area contributed by atoms with Crippen LogP contribution in [0.25, 0.3) is 0 Å². The number of carbonyl (C=O) groups is 1. The highest BCUT2D eigenvalue weighted by Crippen LogP contribution is 2.13. The molecule has 0 saturated heterocycles. The fraction of sp³-hybridized carbons (Fsp3) is 0.357. The van der Waals surface area contributed by atoms with Gasteiger partial charge in [-0.05, 0) is 19.9 Å². The van der Waals surface area contributed by atoms with Crippen molar-refractivity contribution in [2.75, 3.05) is 18.4 Å². The molecule has 2 N–H and O–H groups in total. The average molecular weight is 290 g/mol. The first-order chi connectivity index (χ1) is 9.70. The fourth-order valence-electron chi connectivity index (χ4n) is 1.84. The number of pyridine rings is 1. The van der Waals surface area contributed by atoms with Crippen molar-refractivity contribution in [3.8, 4) is 0 Å². The van der Waals surface area contributed by atoms with Gasteiger partial charge in [0.25, 0.3) is 5.91 Å². The Bertz CT molecular complexity index is 582. The Hall–Kier alpha value is -1.95. The SMILES string of the molecule is CCNc1ccncc1C(=O)NCCc1csc(C)n1. The van der Waals surface area contributed by atoms with Gasteiger partial charge in [-0.25, -0.2) is 4.98 Å². The largest absolute Gasteiger partial charge is 0.385 e. The molecular formula is C14H18N4OS. The standard InChI is InChI=1S/C14H18N4OS/c1-3-16-13-5-6-15-8-12(13)14(19)17-7-4-11-9-20-10(2)18-11/h5-6,8-9H,3-4,7H2,1-2H3,(H,15,16)(H,17,19). The minimum atomic E-state index is -0.110. The molecule has 0 spiro atoms. The summed E-state index contributed by atoms with van der Waals surface area (Å²) in [5.41, 5.74) is 2.40. The van der Waals surface area contributed by atoms with Crippen molar-refractivity contribution in [1.82, 2.24) is 15.3 Å². The molecule has 2 aromatic rings. The maximum absolute atomic E-state index is 12.1. The first kappa shape index (κ1) is 14.5. The summed E-state index contributed by atoms with van der Waals surface area (Å²) in [7, 11) is 0. The second-order valence-corrected chi connectivity index (χ2v) is 5.38. The van der Waals surface area contributed by atoms with Gasteiger partial charge in [-0.1, -0.05) is 0 Å². The van der Waals surface area contributed by atoms with Crippen molar-refractivity contribution in [1.29, 1.82) is 0 Å². The van der Waals surface area contributed by atoms with Crippen LogP contribution in [-0.2, 0) is 6.42 Å². The Morgan fingerprint density at radius 1 is 1.45 bits per heavy atom. The molecular weight excluding hydrogens is 272 g/mol. The number of aryl methyl sites for hydroxylation is 1. The van der Waals surface area contributed by atoms with Gasteiger partial charge in [0.2, 0.25) is 0 Å². The molecule has 1 amide bonds. The Kier molecular flexibility index (Phi) is 5.06. The van der Waals surface area contributed by atoms with Gasteiger partial charge < -0.3 is 10.6 Å². The number of nitrogens with one attached hydrogen (secondary N) is 2. The van der Waals surface area contributed by atoms with Crippen LogP contribution in [-0.4, -0.2) is 29.0 Å². The predicted octanol–water partition coefficient (Wildman–Crippen LogP) is 2.25. The molecule has 5 nitrogen and oxygen atoms in total. The van der Waals surface area contributed by atoms with Crippen LogP contribution >= 0.6 is 11.3 Å². The Labute approximate surface area is 122 Å². The summed E-state index contributed by atoms with van der Waals surface area (Å²) in [6.07, 6.45) is 4.00. The molecule has 0 fully saturated rings. The van der Waals surface area contributed by atoms with Gasteiger partial charge >= 0.3 is 0 Å². The van der Waals surface area contributed by atoms with Gasteiger partial charge in [0.1, 0.15) is 0 Å². The second kappa shape index (κ2) is 7.00. The monoisotopic (exact) mass is 290 g/mol. The van der Waals surface area contributed by atoms with Crippen molar-refractivity contribution in [2.45, 2.75) is 20.3 Å². The van der Waals surface area contributed by atoms with Crippen LogP contribution < -0.4 is 10.6 Å². The van der Waals surface area contributed by atoms with Gasteiger partial charge in [0, 0.05) is 37.3 Å². The van der Waals surface area contributed by atoms with Gasteiger partial charge in [-0.15, -0.1) is 11.3 Å². The van der Waals surface area contributed by atoms with Crippen molar-refractivity contribution in [3.05, 3.63) is 40.1 Å². The number of hydrogen-bond acceptors (Lipinski definition) is 5. The second-order valence-electron chi connectivity index (χ2n) is 4.32. The lowest BCUT2D eigenvalue weighted by molar-refractivity contribution is 0.0954. The Balaban J connectivity index is 1.91. The summed E-state index contributed by atoms with van der Waals surface area (Å²) in [6.45, 7) is 5.31. The third kappa shape index (κ3) is 3.77. The molecule has 0 aliphatic carbocycles. The van der Waals surface area contributed by atoms with Crippen LogP contribution in [0, 0.1) is 6.92 Å². The summed E-state index contributed by atoms with van der Waals surface area (Å²) in [5, 5.41) is 9.13. The number of nitrogens with zero attached hydrogens (tertiary/aromatic N) is 2. The molecule has 0 aromatic carbocycles. The van der Waals surface area contributed by atoms with Crippen LogP contribution in [0.1, 0.15) is 28.0 Å². The normalized spacial score (nSPS) is 10.3. The van der Waals surface area contributed by atoms with E-state index in [0.29, 0.717) is 12.1 Å². The third-order valence-corrected chi connectivity index (χ3v) is 3.59. The number of amides is 1. The first-order valence-corrected chi connectivity index (χ1v) is 7.45. The molecule has 0 aliphatic heterocycles. The molecule has 0 bridgehead atoms. The molecule has 2 heterocycles. The van der Waals surface area contributed by atoms with E-state index in [4.69, 9.17) is 0 Å². The molecule has 0 atom stereocenters. The molecule has 0 unspecified atom stereocenters. The van der Waals surface area contributed by atoms with Crippen LogP contribution in [0.5, 0.6) is 0 Å². The van der Waals surface area contributed by atoms with E-state index in [-0.39, 0.29) is 5.91 Å². The summed E-state index contributed by atoms with van der Waals surface area (Å²) < 4.78 is 0. The van der Waals surface area contributed by atoms with Gasteiger partial charge in [-0.3, -0.25) is 9.78 Å². The van der Waals surface area contributed by atoms with Crippen molar-refractivity contribution < 1.29 is 4.79 Å². The molecule has 106 valence electrons. The predicted molar refractivity (Wildman–Crippen MR) is 81.3 cm³/mol. The molecule has 0 aliphatic rings. The summed E-state index contributed by atoms with van der Waals surface area (Å²) >= 11 is 1.62. The van der Waals surface area contributed by atoms with E-state index in [0.717, 1.165) is 29.4 Å². The minimum Gasteiger partial charge on any atom is -0.385 e. The van der Waals surface area contributed by atoms with E-state index in [1.807, 2.05) is 25.3 Å². The maximum Gasteiger partial charge on any atom is 0.254 e. The van der Waals surface area contributed by atoms with Gasteiger partial charge in [0.05, 0.1) is 22.0 Å². The topological polar surface area (TPSA) is 66.9 Å². The summed E-state index contributed by atoms with van der Waals surface area (Å²) in [4.78, 5) is 20.5. The van der Waals surface area contributed by atoms with Crippen LogP contribution in [0.15, 0.2) is 23.8 Å². The molecule has 2 aromatic heterocycles. The van der Waals surface area contributed by atoms with E-state index in [1.165, 1.54) is 0 Å². The highest BCUT2D eigenvalue weighted by Gasteiger charge is 2.10. The zero-order valence-corrected chi connectivity index (χ0v) is 12.5. The number of aromatic nitrogens is 2. The van der Waals surface area contributed by atoms with E-state index in [1.54, 1.807) is 23.7 Å². The summed E-state index contributed by atoms with van der Waals surface area (Å²) in [6, 6.07) is 1.81. The average Bonchev–Trinajstić information content (AvgIpc) is 2.85. The minimum absolute atomic E-state index is 0.110. The van der Waals surface area contributed by atoms with Crippen LogP contribution in [0.2, 0.25) is 0 Å². The molecule has 20 heavy (non-hydrogen) atoms. The molecule has 0 saturated carbocycles. The van der Waals surface area contributed by atoms with E-state index >= 15 is 0 Å². The van der Waals surface area contributed by atoms with E-state index in [2.05, 4.69) is 20.6 Å². The molecule has 6 heteroatoms.